The first-order chi connectivity index (χ1) is 11.2. The summed E-state index contributed by atoms with van der Waals surface area (Å²) in [7, 11) is -4.00. The number of primary sulfonamides is 1. The fourth-order valence-corrected chi connectivity index (χ4v) is 4.22. The summed E-state index contributed by atoms with van der Waals surface area (Å²) in [5, 5.41) is 5.24. The highest BCUT2D eigenvalue weighted by molar-refractivity contribution is 7.89. The number of nitrogens with zero attached hydrogens (tertiary/aromatic N) is 1. The highest BCUT2D eigenvalue weighted by Crippen LogP contribution is 2.34. The molecule has 0 bridgehead atoms. The number of amides is 1. The average Bonchev–Trinajstić information content (AvgIpc) is 2.47. The summed E-state index contributed by atoms with van der Waals surface area (Å²) in [5.41, 5.74) is 2.84. The summed E-state index contributed by atoms with van der Waals surface area (Å²) in [6, 6.07) is 10.3. The number of benzene rings is 2. The maximum atomic E-state index is 13.0. The number of rotatable bonds is 2. The molecule has 126 valence electrons. The topological polar surface area (TPSA) is 80.5 Å². The fraction of sp³-hybridized carbons (Fsp3) is 0.235. The van der Waals surface area contributed by atoms with Crippen LogP contribution in [-0.4, -0.2) is 20.4 Å². The van der Waals surface area contributed by atoms with Gasteiger partial charge in [0.2, 0.25) is 10.0 Å². The predicted octanol–water partition coefficient (Wildman–Crippen LogP) is 2.89. The van der Waals surface area contributed by atoms with Crippen molar-refractivity contribution in [2.24, 2.45) is 5.14 Å². The Kier molecular flexibility index (Phi) is 4.15. The molecule has 0 fully saturated rings. The molecule has 1 aliphatic heterocycles. The van der Waals surface area contributed by atoms with Crippen molar-refractivity contribution in [1.82, 2.24) is 0 Å². The lowest BCUT2D eigenvalue weighted by Gasteiger charge is -2.35. The van der Waals surface area contributed by atoms with Gasteiger partial charge in [-0.3, -0.25) is 4.79 Å². The van der Waals surface area contributed by atoms with Crippen LogP contribution in [0.2, 0.25) is 5.02 Å². The summed E-state index contributed by atoms with van der Waals surface area (Å²) >= 11 is 6.04. The maximum Gasteiger partial charge on any atom is 0.258 e. The minimum absolute atomic E-state index is 0.0422. The number of sulfonamides is 1. The van der Waals surface area contributed by atoms with E-state index in [0.29, 0.717) is 12.0 Å². The largest absolute Gasteiger partial charge is 0.305 e. The number of hydrogen-bond acceptors (Lipinski definition) is 3. The maximum absolute atomic E-state index is 13.0. The molecular weight excluding hydrogens is 348 g/mol. The van der Waals surface area contributed by atoms with Crippen LogP contribution < -0.4 is 10.0 Å². The number of aryl methyl sites for hydroxylation is 1. The molecule has 0 aliphatic carbocycles. The summed E-state index contributed by atoms with van der Waals surface area (Å²) in [5.74, 6) is -0.250. The van der Waals surface area contributed by atoms with Gasteiger partial charge in [-0.15, -0.1) is 0 Å². The number of anilines is 1. The van der Waals surface area contributed by atoms with Gasteiger partial charge in [-0.1, -0.05) is 29.8 Å². The molecule has 0 spiro atoms. The van der Waals surface area contributed by atoms with Crippen molar-refractivity contribution in [2.75, 3.05) is 4.90 Å². The highest BCUT2D eigenvalue weighted by Gasteiger charge is 2.33. The Morgan fingerprint density at radius 3 is 2.54 bits per heavy atom. The quantitative estimate of drug-likeness (QED) is 0.889. The molecule has 1 amide bonds. The van der Waals surface area contributed by atoms with Gasteiger partial charge in [0.15, 0.2) is 0 Å². The third kappa shape index (κ3) is 2.81. The van der Waals surface area contributed by atoms with Crippen LogP contribution in [0.3, 0.4) is 0 Å². The number of nitrogens with two attached hydrogens (primary N) is 1. The SMILES string of the molecule is Cc1ccccc1N1C(=O)c2cc(S(N)(=O)=O)c(Cl)cc2CC1C. The first-order valence-electron chi connectivity index (χ1n) is 7.44. The van der Waals surface area contributed by atoms with Crippen molar-refractivity contribution in [2.45, 2.75) is 31.2 Å². The Bertz CT molecular complexity index is 941. The molecule has 0 saturated carbocycles. The van der Waals surface area contributed by atoms with Crippen LogP contribution in [0.15, 0.2) is 41.3 Å². The number of carbonyl (C=O) groups is 1. The summed E-state index contributed by atoms with van der Waals surface area (Å²) < 4.78 is 23.4. The van der Waals surface area contributed by atoms with Crippen LogP contribution in [-0.2, 0) is 16.4 Å². The van der Waals surface area contributed by atoms with Crippen LogP contribution in [0.4, 0.5) is 5.69 Å². The zero-order valence-electron chi connectivity index (χ0n) is 13.3. The zero-order valence-corrected chi connectivity index (χ0v) is 14.9. The van der Waals surface area contributed by atoms with Crippen LogP contribution in [0, 0.1) is 6.92 Å². The molecule has 5 nitrogen and oxygen atoms in total. The zero-order chi connectivity index (χ0) is 17.6. The molecular formula is C17H17ClN2O3S. The van der Waals surface area contributed by atoms with Crippen LogP contribution in [0.1, 0.15) is 28.4 Å². The Balaban J connectivity index is 2.17. The standard InChI is InChI=1S/C17H17ClN2O3S/c1-10-5-3-4-6-15(10)20-11(2)7-12-8-14(18)16(24(19,22)23)9-13(12)17(20)21/h3-6,8-9,11H,7H2,1-2H3,(H2,19,22,23). The van der Waals surface area contributed by atoms with Gasteiger partial charge in [0.25, 0.3) is 5.91 Å². The van der Waals surface area contributed by atoms with E-state index in [1.54, 1.807) is 4.90 Å². The molecule has 2 aromatic carbocycles. The van der Waals surface area contributed by atoms with E-state index in [2.05, 4.69) is 0 Å². The van der Waals surface area contributed by atoms with Gasteiger partial charge in [-0.05, 0) is 49.6 Å². The second-order valence-electron chi connectivity index (χ2n) is 6.00. The summed E-state index contributed by atoms with van der Waals surface area (Å²) in [6.07, 6.45) is 0.583. The number of hydrogen-bond donors (Lipinski definition) is 1. The van der Waals surface area contributed by atoms with Crippen molar-refractivity contribution in [3.05, 3.63) is 58.1 Å². The molecule has 2 N–H and O–H groups in total. The molecule has 1 heterocycles. The van der Waals surface area contributed by atoms with E-state index in [0.717, 1.165) is 16.8 Å². The summed E-state index contributed by atoms with van der Waals surface area (Å²) in [6.45, 7) is 3.89. The Hall–Kier alpha value is -1.89. The average molecular weight is 365 g/mol. The van der Waals surface area contributed by atoms with E-state index in [1.165, 1.54) is 12.1 Å². The molecule has 0 radical (unpaired) electrons. The number of halogens is 1. The minimum atomic E-state index is -4.00. The van der Waals surface area contributed by atoms with Crippen LogP contribution in [0.25, 0.3) is 0 Å². The van der Waals surface area contributed by atoms with Gasteiger partial charge in [-0.25, -0.2) is 13.6 Å². The van der Waals surface area contributed by atoms with E-state index in [-0.39, 0.29) is 21.9 Å². The minimum Gasteiger partial charge on any atom is -0.305 e. The van der Waals surface area contributed by atoms with E-state index >= 15 is 0 Å². The number of fused-ring (bicyclic) bond motifs is 1. The predicted molar refractivity (Wildman–Crippen MR) is 94.0 cm³/mol. The Morgan fingerprint density at radius 1 is 1.25 bits per heavy atom. The molecule has 7 heteroatoms. The molecule has 1 atom stereocenters. The molecule has 0 saturated heterocycles. The third-order valence-electron chi connectivity index (χ3n) is 4.24. The Labute approximate surface area is 146 Å². The lowest BCUT2D eigenvalue weighted by molar-refractivity contribution is 0.0969. The van der Waals surface area contributed by atoms with E-state index in [9.17, 15) is 13.2 Å². The first kappa shape index (κ1) is 17.0. The second-order valence-corrected chi connectivity index (χ2v) is 7.94. The molecule has 3 rings (SSSR count). The van der Waals surface area contributed by atoms with Crippen molar-refractivity contribution >= 4 is 33.2 Å². The van der Waals surface area contributed by atoms with E-state index in [1.807, 2.05) is 38.1 Å². The monoisotopic (exact) mass is 364 g/mol. The van der Waals surface area contributed by atoms with Gasteiger partial charge >= 0.3 is 0 Å². The smallest absolute Gasteiger partial charge is 0.258 e. The van der Waals surface area contributed by atoms with Crippen LogP contribution >= 0.6 is 11.6 Å². The Morgan fingerprint density at radius 2 is 1.92 bits per heavy atom. The van der Waals surface area contributed by atoms with Crippen molar-refractivity contribution in [3.63, 3.8) is 0 Å². The molecule has 2 aromatic rings. The van der Waals surface area contributed by atoms with Crippen LogP contribution in [0.5, 0.6) is 0 Å². The molecule has 0 aromatic heterocycles. The number of para-hydroxylation sites is 1. The molecule has 24 heavy (non-hydrogen) atoms. The normalized spacial score (nSPS) is 17.8. The second kappa shape index (κ2) is 5.88. The van der Waals surface area contributed by atoms with Gasteiger partial charge in [0.1, 0.15) is 4.90 Å². The van der Waals surface area contributed by atoms with Gasteiger partial charge < -0.3 is 4.90 Å². The lowest BCUT2D eigenvalue weighted by atomic mass is 9.93. The molecule has 1 unspecified atom stereocenters. The number of carbonyl (C=O) groups excluding carboxylic acids is 1. The fourth-order valence-electron chi connectivity index (χ4n) is 3.10. The van der Waals surface area contributed by atoms with Gasteiger partial charge in [0.05, 0.1) is 5.02 Å². The van der Waals surface area contributed by atoms with Gasteiger partial charge in [-0.2, -0.15) is 0 Å². The van der Waals surface area contributed by atoms with Crippen molar-refractivity contribution in [3.8, 4) is 0 Å². The highest BCUT2D eigenvalue weighted by atomic mass is 35.5. The summed E-state index contributed by atoms with van der Waals surface area (Å²) in [4.78, 5) is 14.5. The third-order valence-corrected chi connectivity index (χ3v) is 5.62. The molecule has 1 aliphatic rings. The van der Waals surface area contributed by atoms with E-state index < -0.39 is 10.0 Å². The van der Waals surface area contributed by atoms with Crippen molar-refractivity contribution in [1.29, 1.82) is 0 Å². The lowest BCUT2D eigenvalue weighted by Crippen LogP contribution is -2.44. The van der Waals surface area contributed by atoms with E-state index in [4.69, 9.17) is 16.7 Å². The van der Waals surface area contributed by atoms with Gasteiger partial charge in [0, 0.05) is 17.3 Å². The first-order valence-corrected chi connectivity index (χ1v) is 9.37. The van der Waals surface area contributed by atoms with Crippen molar-refractivity contribution < 1.29 is 13.2 Å².